The van der Waals surface area contributed by atoms with Crippen molar-refractivity contribution in [3.63, 3.8) is 0 Å². The quantitative estimate of drug-likeness (QED) is 0.495. The fourth-order valence-electron chi connectivity index (χ4n) is 1.90. The molecule has 0 spiro atoms. The predicted octanol–water partition coefficient (Wildman–Crippen LogP) is 0.243. The van der Waals surface area contributed by atoms with Crippen molar-refractivity contribution >= 4 is 0 Å². The molecule has 0 aliphatic carbocycles. The highest BCUT2D eigenvalue weighted by Crippen LogP contribution is 2.26. The summed E-state index contributed by atoms with van der Waals surface area (Å²) in [6, 6.07) is 1.61. The van der Waals surface area contributed by atoms with E-state index in [1.807, 2.05) is 0 Å². The maximum atomic E-state index is 5.82. The Bertz CT molecular complexity index is 113. The topological polar surface area (TPSA) is 40.1 Å². The first kappa shape index (κ1) is 5.69. The van der Waals surface area contributed by atoms with Gasteiger partial charge in [0.1, 0.15) is 0 Å². The number of nitrogens with two attached hydrogens (primary N) is 1. The molecule has 2 heteroatoms. The molecule has 0 amide bonds. The molecule has 51 valence electrons. The molecule has 3 atom stereocenters. The van der Waals surface area contributed by atoms with E-state index in [0.717, 1.165) is 0 Å². The summed E-state index contributed by atoms with van der Waals surface area (Å²) >= 11 is 0. The number of fused-ring (bicyclic) bond motifs is 2. The Hall–Kier alpha value is -0.0800. The molecule has 0 aromatic heterocycles. The van der Waals surface area contributed by atoms with E-state index >= 15 is 0 Å². The minimum atomic E-state index is 0.392. The van der Waals surface area contributed by atoms with Crippen LogP contribution in [0.1, 0.15) is 25.7 Å². The van der Waals surface area contributed by atoms with Gasteiger partial charge < -0.3 is 5.73 Å². The van der Waals surface area contributed by atoms with Crippen LogP contribution >= 0.6 is 0 Å². The van der Waals surface area contributed by atoms with Gasteiger partial charge in [0.05, 0.1) is 0 Å². The molecule has 2 aliphatic heterocycles. The highest BCUT2D eigenvalue weighted by molar-refractivity contribution is 4.94. The van der Waals surface area contributed by atoms with Crippen molar-refractivity contribution in [2.24, 2.45) is 5.73 Å². The van der Waals surface area contributed by atoms with E-state index in [-0.39, 0.29) is 0 Å². The van der Waals surface area contributed by atoms with Crippen LogP contribution < -0.4 is 11.1 Å². The van der Waals surface area contributed by atoms with Gasteiger partial charge >= 0.3 is 0 Å². The lowest BCUT2D eigenvalue weighted by Gasteiger charge is -2.24. The highest BCUT2D eigenvalue weighted by Gasteiger charge is 2.34. The summed E-state index contributed by atoms with van der Waals surface area (Å²) in [5, 5.41) is 4.55. The SMILES string of the molecule is NC1CCC2CCC1[N]2. The van der Waals surface area contributed by atoms with Crippen LogP contribution in [-0.4, -0.2) is 18.1 Å². The van der Waals surface area contributed by atoms with Crippen molar-refractivity contribution in [3.8, 4) is 0 Å². The third-order valence-corrected chi connectivity index (χ3v) is 2.53. The van der Waals surface area contributed by atoms with E-state index < -0.39 is 0 Å². The van der Waals surface area contributed by atoms with Crippen LogP contribution in [0.4, 0.5) is 0 Å². The largest absolute Gasteiger partial charge is 0.326 e. The zero-order valence-electron chi connectivity index (χ0n) is 5.59. The van der Waals surface area contributed by atoms with E-state index in [2.05, 4.69) is 5.32 Å². The van der Waals surface area contributed by atoms with Crippen molar-refractivity contribution < 1.29 is 0 Å². The van der Waals surface area contributed by atoms with Crippen LogP contribution in [0.5, 0.6) is 0 Å². The van der Waals surface area contributed by atoms with Gasteiger partial charge in [0.25, 0.3) is 0 Å². The maximum Gasteiger partial charge on any atom is 0.0401 e. The minimum absolute atomic E-state index is 0.392. The van der Waals surface area contributed by atoms with E-state index in [0.29, 0.717) is 18.1 Å². The Morgan fingerprint density at radius 1 is 1.11 bits per heavy atom. The summed E-state index contributed by atoms with van der Waals surface area (Å²) in [5.41, 5.74) is 5.82. The van der Waals surface area contributed by atoms with Crippen molar-refractivity contribution in [1.29, 1.82) is 0 Å². The van der Waals surface area contributed by atoms with E-state index in [4.69, 9.17) is 5.73 Å². The first-order chi connectivity index (χ1) is 4.36. The van der Waals surface area contributed by atoms with Crippen LogP contribution in [0, 0.1) is 0 Å². The summed E-state index contributed by atoms with van der Waals surface area (Å²) < 4.78 is 0. The number of nitrogens with zero attached hydrogens (tertiary/aromatic N) is 1. The Labute approximate surface area is 55.8 Å². The molecule has 3 unspecified atom stereocenters. The Morgan fingerprint density at radius 3 is 2.67 bits per heavy atom. The van der Waals surface area contributed by atoms with Crippen LogP contribution in [-0.2, 0) is 0 Å². The van der Waals surface area contributed by atoms with Gasteiger partial charge in [0, 0.05) is 18.1 Å². The molecule has 1 radical (unpaired) electrons. The lowest BCUT2D eigenvalue weighted by molar-refractivity contribution is 0.351. The van der Waals surface area contributed by atoms with Crippen molar-refractivity contribution in [2.75, 3.05) is 0 Å². The van der Waals surface area contributed by atoms with Gasteiger partial charge in [-0.1, -0.05) is 0 Å². The lowest BCUT2D eigenvalue weighted by Crippen LogP contribution is -2.43. The standard InChI is InChI=1S/C7H13N2/c8-6-3-1-5-2-4-7(6)9-5/h5-7H,1-4,8H2. The van der Waals surface area contributed by atoms with Crippen molar-refractivity contribution in [2.45, 2.75) is 43.8 Å². The molecule has 2 N–H and O–H groups in total. The van der Waals surface area contributed by atoms with Crippen LogP contribution in [0.2, 0.25) is 0 Å². The van der Waals surface area contributed by atoms with Crippen molar-refractivity contribution in [1.82, 2.24) is 5.32 Å². The fourth-order valence-corrected chi connectivity index (χ4v) is 1.90. The van der Waals surface area contributed by atoms with E-state index in [1.54, 1.807) is 0 Å². The fraction of sp³-hybridized carbons (Fsp3) is 1.00. The molecule has 2 bridgehead atoms. The van der Waals surface area contributed by atoms with Gasteiger partial charge in [-0.05, 0) is 25.7 Å². The van der Waals surface area contributed by atoms with Gasteiger partial charge in [0.15, 0.2) is 0 Å². The van der Waals surface area contributed by atoms with Crippen molar-refractivity contribution in [3.05, 3.63) is 0 Å². The number of hydrogen-bond acceptors (Lipinski definition) is 1. The number of hydrogen-bond donors (Lipinski definition) is 1. The first-order valence-electron chi connectivity index (χ1n) is 3.82. The molecule has 0 saturated carbocycles. The van der Waals surface area contributed by atoms with E-state index in [1.165, 1.54) is 25.7 Å². The minimum Gasteiger partial charge on any atom is -0.326 e. The van der Waals surface area contributed by atoms with Crippen LogP contribution in [0.15, 0.2) is 0 Å². The van der Waals surface area contributed by atoms with E-state index in [9.17, 15) is 0 Å². The summed E-state index contributed by atoms with van der Waals surface area (Å²) in [6.45, 7) is 0. The zero-order chi connectivity index (χ0) is 6.27. The zero-order valence-corrected chi connectivity index (χ0v) is 5.59. The summed E-state index contributed by atoms with van der Waals surface area (Å²) in [6.07, 6.45) is 5.01. The third kappa shape index (κ3) is 0.864. The molecule has 2 aliphatic rings. The molecule has 2 saturated heterocycles. The first-order valence-corrected chi connectivity index (χ1v) is 3.82. The third-order valence-electron chi connectivity index (χ3n) is 2.53. The molecule has 2 fully saturated rings. The van der Waals surface area contributed by atoms with Gasteiger partial charge in [0.2, 0.25) is 0 Å². The maximum absolute atomic E-state index is 5.82. The number of rotatable bonds is 0. The summed E-state index contributed by atoms with van der Waals surface area (Å²) in [5.74, 6) is 0. The van der Waals surface area contributed by atoms with Gasteiger partial charge in [-0.15, -0.1) is 0 Å². The normalized spacial score (nSPS) is 49.7. The predicted molar refractivity (Wildman–Crippen MR) is 36.2 cm³/mol. The Morgan fingerprint density at radius 2 is 1.89 bits per heavy atom. The second kappa shape index (κ2) is 1.96. The lowest BCUT2D eigenvalue weighted by atomic mass is 10.0. The average Bonchev–Trinajstić information content (AvgIpc) is 2.25. The van der Waals surface area contributed by atoms with Gasteiger partial charge in [-0.3, -0.25) is 0 Å². The molecule has 2 heterocycles. The molecule has 0 aromatic carbocycles. The van der Waals surface area contributed by atoms with Crippen LogP contribution in [0.3, 0.4) is 0 Å². The molecule has 0 aromatic rings. The summed E-state index contributed by atoms with van der Waals surface area (Å²) in [7, 11) is 0. The highest BCUT2D eigenvalue weighted by atomic mass is 15.0. The number of piperidine rings is 1. The summed E-state index contributed by atoms with van der Waals surface area (Å²) in [4.78, 5) is 0. The second-order valence-corrected chi connectivity index (χ2v) is 3.19. The van der Waals surface area contributed by atoms with Gasteiger partial charge in [-0.2, -0.15) is 0 Å². The second-order valence-electron chi connectivity index (χ2n) is 3.19. The van der Waals surface area contributed by atoms with Gasteiger partial charge in [-0.25, -0.2) is 5.32 Å². The molecule has 2 nitrogen and oxygen atoms in total. The monoisotopic (exact) mass is 125 g/mol. The van der Waals surface area contributed by atoms with Crippen LogP contribution in [0.25, 0.3) is 0 Å². The Balaban J connectivity index is 2.05. The molecular formula is C7H13N2. The molecule has 9 heavy (non-hydrogen) atoms. The molecular weight excluding hydrogens is 112 g/mol. The average molecular weight is 125 g/mol. The molecule has 2 rings (SSSR count). The smallest absolute Gasteiger partial charge is 0.0401 e. The Kier molecular flexibility index (Phi) is 1.24.